The Morgan fingerprint density at radius 3 is 2.56 bits per heavy atom. The lowest BCUT2D eigenvalue weighted by Gasteiger charge is -2.11. The Bertz CT molecular complexity index is 864. The molecule has 7 heteroatoms. The van der Waals surface area contributed by atoms with Crippen molar-refractivity contribution in [3.05, 3.63) is 69.3 Å². The maximum atomic E-state index is 12.3. The topological polar surface area (TPSA) is 101 Å². The molecule has 2 amide bonds. The van der Waals surface area contributed by atoms with Crippen LogP contribution in [-0.2, 0) is 11.3 Å². The molecule has 142 valence electrons. The first kappa shape index (κ1) is 20.1. The number of hydrogen-bond acceptors (Lipinski definition) is 4. The van der Waals surface area contributed by atoms with Crippen molar-refractivity contribution >= 4 is 23.2 Å². The van der Waals surface area contributed by atoms with Gasteiger partial charge in [0, 0.05) is 35.3 Å². The molecule has 2 N–H and O–H groups in total. The van der Waals surface area contributed by atoms with Gasteiger partial charge in [0.15, 0.2) is 0 Å². The number of nitrogens with one attached hydrogen (secondary N) is 2. The number of benzene rings is 2. The molecule has 0 saturated heterocycles. The van der Waals surface area contributed by atoms with Crippen molar-refractivity contribution in [2.24, 2.45) is 5.92 Å². The molecule has 0 spiro atoms. The molecule has 0 radical (unpaired) electrons. The third-order valence-electron chi connectivity index (χ3n) is 4.36. The monoisotopic (exact) mass is 369 g/mol. The van der Waals surface area contributed by atoms with E-state index in [0.29, 0.717) is 16.8 Å². The van der Waals surface area contributed by atoms with Crippen LogP contribution in [-0.4, -0.2) is 16.7 Å². The maximum absolute atomic E-state index is 12.3. The van der Waals surface area contributed by atoms with Crippen molar-refractivity contribution in [3.8, 4) is 0 Å². The summed E-state index contributed by atoms with van der Waals surface area (Å²) in [5.74, 6) is -0.430. The number of amides is 2. The van der Waals surface area contributed by atoms with Gasteiger partial charge in [-0.05, 0) is 43.2 Å². The lowest BCUT2D eigenvalue weighted by molar-refractivity contribution is -0.385. The summed E-state index contributed by atoms with van der Waals surface area (Å²) in [6.45, 7) is 5.70. The second kappa shape index (κ2) is 8.93. The fraction of sp³-hybridized carbons (Fsp3) is 0.300. The van der Waals surface area contributed by atoms with Crippen LogP contribution in [0.3, 0.4) is 0 Å². The van der Waals surface area contributed by atoms with Crippen molar-refractivity contribution < 1.29 is 14.5 Å². The summed E-state index contributed by atoms with van der Waals surface area (Å²) in [7, 11) is 0. The highest BCUT2D eigenvalue weighted by atomic mass is 16.6. The summed E-state index contributed by atoms with van der Waals surface area (Å²) >= 11 is 0. The van der Waals surface area contributed by atoms with E-state index in [1.807, 2.05) is 32.0 Å². The fourth-order valence-corrected chi connectivity index (χ4v) is 2.50. The molecule has 27 heavy (non-hydrogen) atoms. The van der Waals surface area contributed by atoms with Crippen LogP contribution < -0.4 is 10.6 Å². The number of rotatable bonds is 7. The number of anilines is 1. The average Bonchev–Trinajstić information content (AvgIpc) is 2.65. The minimum Gasteiger partial charge on any atom is -0.348 e. The zero-order valence-electron chi connectivity index (χ0n) is 15.6. The second-order valence-corrected chi connectivity index (χ2v) is 6.44. The van der Waals surface area contributed by atoms with E-state index in [2.05, 4.69) is 10.6 Å². The third kappa shape index (κ3) is 5.37. The molecule has 0 aliphatic heterocycles. The van der Waals surface area contributed by atoms with Crippen LogP contribution in [0, 0.1) is 23.0 Å². The molecule has 1 atom stereocenters. The molecule has 2 aromatic carbocycles. The molecule has 0 aromatic heterocycles. The standard InChI is InChI=1S/C20H23N3O4/c1-4-13(2)19(24)22-17-7-5-6-15(11-17)12-21-20(25)16-8-9-18(23(26)27)14(3)10-16/h5-11,13H,4,12H2,1-3H3,(H,21,25)(H,22,24). The molecule has 2 rings (SSSR count). The minimum absolute atomic E-state index is 0.0173. The molecule has 0 aliphatic rings. The predicted octanol–water partition coefficient (Wildman–Crippen LogP) is 3.82. The van der Waals surface area contributed by atoms with Gasteiger partial charge in [-0.3, -0.25) is 19.7 Å². The van der Waals surface area contributed by atoms with Gasteiger partial charge in [-0.2, -0.15) is 0 Å². The first-order valence-electron chi connectivity index (χ1n) is 8.74. The van der Waals surface area contributed by atoms with E-state index in [-0.39, 0.29) is 30.0 Å². The summed E-state index contributed by atoms with van der Waals surface area (Å²) in [5, 5.41) is 16.5. The van der Waals surface area contributed by atoms with Crippen LogP contribution in [0.5, 0.6) is 0 Å². The Morgan fingerprint density at radius 2 is 1.93 bits per heavy atom. The van der Waals surface area contributed by atoms with Gasteiger partial charge >= 0.3 is 0 Å². The largest absolute Gasteiger partial charge is 0.348 e. The van der Waals surface area contributed by atoms with Crippen molar-refractivity contribution in [1.82, 2.24) is 5.32 Å². The highest BCUT2D eigenvalue weighted by Gasteiger charge is 2.14. The number of aryl methyl sites for hydroxylation is 1. The van der Waals surface area contributed by atoms with Gasteiger partial charge in [0.2, 0.25) is 5.91 Å². The van der Waals surface area contributed by atoms with Crippen molar-refractivity contribution in [1.29, 1.82) is 0 Å². The van der Waals surface area contributed by atoms with E-state index in [1.165, 1.54) is 18.2 Å². The normalized spacial score (nSPS) is 11.5. The summed E-state index contributed by atoms with van der Waals surface area (Å²) in [6, 6.07) is 11.5. The average molecular weight is 369 g/mol. The Hall–Kier alpha value is -3.22. The molecule has 7 nitrogen and oxygen atoms in total. The summed E-state index contributed by atoms with van der Waals surface area (Å²) in [4.78, 5) is 34.7. The molecule has 0 aliphatic carbocycles. The number of hydrogen-bond donors (Lipinski definition) is 2. The number of nitro benzene ring substituents is 1. The van der Waals surface area contributed by atoms with E-state index in [1.54, 1.807) is 13.0 Å². The molecular weight excluding hydrogens is 346 g/mol. The van der Waals surface area contributed by atoms with Crippen LogP contribution in [0.25, 0.3) is 0 Å². The van der Waals surface area contributed by atoms with Gasteiger partial charge < -0.3 is 10.6 Å². The Labute approximate surface area is 157 Å². The molecule has 2 aromatic rings. The Morgan fingerprint density at radius 1 is 1.19 bits per heavy atom. The zero-order valence-corrected chi connectivity index (χ0v) is 15.6. The minimum atomic E-state index is -0.476. The van der Waals surface area contributed by atoms with Gasteiger partial charge in [-0.25, -0.2) is 0 Å². The van der Waals surface area contributed by atoms with Crippen LogP contribution in [0.2, 0.25) is 0 Å². The first-order valence-corrected chi connectivity index (χ1v) is 8.74. The van der Waals surface area contributed by atoms with Gasteiger partial charge in [-0.15, -0.1) is 0 Å². The molecule has 1 unspecified atom stereocenters. The van der Waals surface area contributed by atoms with Crippen LogP contribution in [0.15, 0.2) is 42.5 Å². The molecular formula is C20H23N3O4. The van der Waals surface area contributed by atoms with Gasteiger partial charge in [-0.1, -0.05) is 26.0 Å². The first-order chi connectivity index (χ1) is 12.8. The van der Waals surface area contributed by atoms with Gasteiger partial charge in [0.25, 0.3) is 11.6 Å². The molecule has 0 bridgehead atoms. The fourth-order valence-electron chi connectivity index (χ4n) is 2.50. The van der Waals surface area contributed by atoms with Gasteiger partial charge in [0.05, 0.1) is 4.92 Å². The quantitative estimate of drug-likeness (QED) is 0.572. The highest BCUT2D eigenvalue weighted by Crippen LogP contribution is 2.19. The van der Waals surface area contributed by atoms with E-state index in [4.69, 9.17) is 0 Å². The number of carbonyl (C=O) groups is 2. The molecule has 0 saturated carbocycles. The Balaban J connectivity index is 2.01. The van der Waals surface area contributed by atoms with Crippen molar-refractivity contribution in [3.63, 3.8) is 0 Å². The lowest BCUT2D eigenvalue weighted by Crippen LogP contribution is -2.23. The van der Waals surface area contributed by atoms with E-state index >= 15 is 0 Å². The van der Waals surface area contributed by atoms with E-state index in [0.717, 1.165) is 12.0 Å². The summed E-state index contributed by atoms with van der Waals surface area (Å²) in [5.41, 5.74) is 2.29. The summed E-state index contributed by atoms with van der Waals surface area (Å²) < 4.78 is 0. The van der Waals surface area contributed by atoms with Gasteiger partial charge in [0.1, 0.15) is 0 Å². The van der Waals surface area contributed by atoms with Crippen LogP contribution in [0.1, 0.15) is 41.8 Å². The number of nitrogens with zero attached hydrogens (tertiary/aromatic N) is 1. The SMILES string of the molecule is CCC(C)C(=O)Nc1cccc(CNC(=O)c2ccc([N+](=O)[O-])c(C)c2)c1. The summed E-state index contributed by atoms with van der Waals surface area (Å²) in [6.07, 6.45) is 0.760. The van der Waals surface area contributed by atoms with Crippen molar-refractivity contribution in [2.75, 3.05) is 5.32 Å². The van der Waals surface area contributed by atoms with Crippen LogP contribution >= 0.6 is 0 Å². The van der Waals surface area contributed by atoms with Crippen molar-refractivity contribution in [2.45, 2.75) is 33.7 Å². The maximum Gasteiger partial charge on any atom is 0.272 e. The highest BCUT2D eigenvalue weighted by molar-refractivity contribution is 5.95. The second-order valence-electron chi connectivity index (χ2n) is 6.44. The molecule has 0 heterocycles. The number of carbonyl (C=O) groups excluding carboxylic acids is 2. The van der Waals surface area contributed by atoms with E-state index in [9.17, 15) is 19.7 Å². The van der Waals surface area contributed by atoms with E-state index < -0.39 is 4.92 Å². The predicted molar refractivity (Wildman–Crippen MR) is 104 cm³/mol. The smallest absolute Gasteiger partial charge is 0.272 e. The Kier molecular flexibility index (Phi) is 6.65. The number of nitro groups is 1. The molecule has 0 fully saturated rings. The van der Waals surface area contributed by atoms with Crippen LogP contribution in [0.4, 0.5) is 11.4 Å². The third-order valence-corrected chi connectivity index (χ3v) is 4.36. The lowest BCUT2D eigenvalue weighted by atomic mass is 10.1. The zero-order chi connectivity index (χ0) is 20.0.